The molecule has 0 aliphatic carbocycles. The number of nitrogens with two attached hydrogens (primary N) is 1. The minimum absolute atomic E-state index is 0.00213. The minimum Gasteiger partial charge on any atom is -0.346 e. The Morgan fingerprint density at radius 1 is 1.05 bits per heavy atom. The van der Waals surface area contributed by atoms with E-state index in [9.17, 15) is 14.4 Å². The molecule has 0 aliphatic heterocycles. The maximum atomic E-state index is 11.6. The van der Waals surface area contributed by atoms with E-state index in [-0.39, 0.29) is 30.8 Å². The van der Waals surface area contributed by atoms with Crippen LogP contribution in [0.25, 0.3) is 0 Å². The summed E-state index contributed by atoms with van der Waals surface area (Å²) in [7, 11) is 0. The smallest absolute Gasteiger partial charge is 0.241 e. The third-order valence-corrected chi connectivity index (χ3v) is 3.00. The number of amides is 3. The lowest BCUT2D eigenvalue weighted by molar-refractivity contribution is -0.132. The Bertz CT molecular complexity index is 321. The highest BCUT2D eigenvalue weighted by atomic mass is 16.2. The molecule has 116 valence electrons. The molecule has 0 rings (SSSR count). The second-order valence-electron chi connectivity index (χ2n) is 4.83. The van der Waals surface area contributed by atoms with Gasteiger partial charge in [-0.05, 0) is 19.8 Å². The van der Waals surface area contributed by atoms with E-state index >= 15 is 0 Å². The molecule has 0 fully saturated rings. The molecule has 0 bridgehead atoms. The van der Waals surface area contributed by atoms with Gasteiger partial charge in [0.25, 0.3) is 0 Å². The Morgan fingerprint density at radius 3 is 2.05 bits per heavy atom. The van der Waals surface area contributed by atoms with Crippen LogP contribution in [0.5, 0.6) is 0 Å². The number of hydrogen-bond donors (Lipinski definition) is 3. The maximum Gasteiger partial charge on any atom is 0.241 e. The van der Waals surface area contributed by atoms with Gasteiger partial charge in [-0.1, -0.05) is 13.8 Å². The number of nitrogens with one attached hydrogen (secondary N) is 2. The van der Waals surface area contributed by atoms with Crippen LogP contribution in [-0.2, 0) is 14.4 Å². The third kappa shape index (κ3) is 6.51. The van der Waals surface area contributed by atoms with Crippen LogP contribution in [0.3, 0.4) is 0 Å². The van der Waals surface area contributed by atoms with E-state index in [4.69, 9.17) is 5.73 Å². The first-order chi connectivity index (χ1) is 9.33. The van der Waals surface area contributed by atoms with Crippen LogP contribution in [0.2, 0.25) is 0 Å². The maximum absolute atomic E-state index is 11.6. The van der Waals surface area contributed by atoms with E-state index < -0.39 is 11.9 Å². The topological polar surface area (TPSA) is 105 Å². The van der Waals surface area contributed by atoms with Crippen molar-refractivity contribution in [3.05, 3.63) is 0 Å². The summed E-state index contributed by atoms with van der Waals surface area (Å²) in [6, 6.07) is -0.639. The van der Waals surface area contributed by atoms with Crippen molar-refractivity contribution in [3.63, 3.8) is 0 Å². The van der Waals surface area contributed by atoms with E-state index in [0.717, 1.165) is 0 Å². The van der Waals surface area contributed by atoms with Gasteiger partial charge in [0, 0.05) is 13.1 Å². The first-order valence-corrected chi connectivity index (χ1v) is 6.91. The van der Waals surface area contributed by atoms with Crippen molar-refractivity contribution in [1.82, 2.24) is 15.5 Å². The summed E-state index contributed by atoms with van der Waals surface area (Å²) in [5.41, 5.74) is 5.64. The highest BCUT2D eigenvalue weighted by molar-refractivity contribution is 5.89. The number of carbonyl (C=O) groups is 3. The monoisotopic (exact) mass is 286 g/mol. The highest BCUT2D eigenvalue weighted by Crippen LogP contribution is 1.97. The molecule has 0 heterocycles. The van der Waals surface area contributed by atoms with E-state index in [0.29, 0.717) is 13.1 Å². The quantitative estimate of drug-likeness (QED) is 0.536. The zero-order valence-corrected chi connectivity index (χ0v) is 12.7. The first-order valence-electron chi connectivity index (χ1n) is 6.91. The Morgan fingerprint density at radius 2 is 1.60 bits per heavy atom. The van der Waals surface area contributed by atoms with Gasteiger partial charge in [-0.15, -0.1) is 0 Å². The van der Waals surface area contributed by atoms with Crippen molar-refractivity contribution >= 4 is 17.7 Å². The molecular formula is C13H26N4O3. The first kappa shape index (κ1) is 18.4. The van der Waals surface area contributed by atoms with Crippen LogP contribution in [0.1, 0.15) is 27.7 Å². The minimum atomic E-state index is -0.639. The predicted molar refractivity (Wildman–Crippen MR) is 76.8 cm³/mol. The summed E-state index contributed by atoms with van der Waals surface area (Å²) in [6.45, 7) is 8.36. The van der Waals surface area contributed by atoms with Crippen molar-refractivity contribution in [2.45, 2.75) is 33.7 Å². The van der Waals surface area contributed by atoms with E-state index in [1.165, 1.54) is 0 Å². The van der Waals surface area contributed by atoms with E-state index in [2.05, 4.69) is 10.6 Å². The van der Waals surface area contributed by atoms with Gasteiger partial charge < -0.3 is 21.3 Å². The van der Waals surface area contributed by atoms with Crippen molar-refractivity contribution < 1.29 is 14.4 Å². The Labute approximate surface area is 120 Å². The van der Waals surface area contributed by atoms with Gasteiger partial charge in [-0.3, -0.25) is 14.4 Å². The van der Waals surface area contributed by atoms with Gasteiger partial charge in [-0.2, -0.15) is 0 Å². The highest BCUT2D eigenvalue weighted by Gasteiger charge is 2.18. The number of nitrogens with zero attached hydrogens (tertiary/aromatic N) is 1. The van der Waals surface area contributed by atoms with Gasteiger partial charge in [0.1, 0.15) is 0 Å². The van der Waals surface area contributed by atoms with E-state index in [1.54, 1.807) is 4.90 Å². The molecule has 3 amide bonds. The van der Waals surface area contributed by atoms with Crippen LogP contribution < -0.4 is 16.4 Å². The average molecular weight is 286 g/mol. The number of rotatable bonds is 8. The molecule has 0 saturated carbocycles. The zero-order valence-electron chi connectivity index (χ0n) is 12.7. The van der Waals surface area contributed by atoms with Crippen LogP contribution in [0, 0.1) is 5.92 Å². The Hall–Kier alpha value is -1.63. The molecule has 0 spiro atoms. The largest absolute Gasteiger partial charge is 0.346 e. The second kappa shape index (κ2) is 9.30. The molecule has 20 heavy (non-hydrogen) atoms. The zero-order chi connectivity index (χ0) is 15.7. The van der Waals surface area contributed by atoms with Gasteiger partial charge in [0.15, 0.2) is 0 Å². The summed E-state index contributed by atoms with van der Waals surface area (Å²) in [5, 5.41) is 4.91. The molecule has 0 aromatic heterocycles. The molecule has 0 aromatic carbocycles. The Kier molecular flexibility index (Phi) is 8.54. The van der Waals surface area contributed by atoms with Gasteiger partial charge in [-0.25, -0.2) is 0 Å². The second-order valence-corrected chi connectivity index (χ2v) is 4.83. The Balaban J connectivity index is 4.01. The third-order valence-electron chi connectivity index (χ3n) is 3.00. The van der Waals surface area contributed by atoms with Crippen LogP contribution >= 0.6 is 0 Å². The predicted octanol–water partition coefficient (Wildman–Crippen LogP) is -0.929. The molecule has 0 aliphatic rings. The summed E-state index contributed by atoms with van der Waals surface area (Å²) < 4.78 is 0. The standard InChI is InChI=1S/C13H26N4O3/c1-5-17(6-2)11(19)8-15-10(18)7-16-13(20)12(14)9(3)4/h9,12H,5-8,14H2,1-4H3,(H,15,18)(H,16,20)/t12-/m0/s1. The van der Waals surface area contributed by atoms with Crippen molar-refractivity contribution in [3.8, 4) is 0 Å². The molecule has 0 saturated heterocycles. The summed E-state index contributed by atoms with van der Waals surface area (Å²) in [4.78, 5) is 36.3. The number of hydrogen-bond acceptors (Lipinski definition) is 4. The van der Waals surface area contributed by atoms with Crippen molar-refractivity contribution in [2.24, 2.45) is 11.7 Å². The molecule has 1 atom stereocenters. The van der Waals surface area contributed by atoms with Crippen LogP contribution in [0.15, 0.2) is 0 Å². The number of likely N-dealkylation sites (N-methyl/N-ethyl adjacent to an activating group) is 1. The lowest BCUT2D eigenvalue weighted by Gasteiger charge is -2.19. The SMILES string of the molecule is CCN(CC)C(=O)CNC(=O)CNC(=O)[C@@H](N)C(C)C. The van der Waals surface area contributed by atoms with E-state index in [1.807, 2.05) is 27.7 Å². The fourth-order valence-corrected chi connectivity index (χ4v) is 1.51. The number of carbonyl (C=O) groups excluding carboxylic acids is 3. The van der Waals surface area contributed by atoms with Crippen LogP contribution in [0.4, 0.5) is 0 Å². The van der Waals surface area contributed by atoms with Gasteiger partial charge >= 0.3 is 0 Å². The van der Waals surface area contributed by atoms with Gasteiger partial charge in [0.05, 0.1) is 19.1 Å². The molecule has 0 unspecified atom stereocenters. The van der Waals surface area contributed by atoms with Crippen LogP contribution in [-0.4, -0.2) is 54.8 Å². The molecular weight excluding hydrogens is 260 g/mol. The summed E-state index contributed by atoms with van der Waals surface area (Å²) in [5.74, 6) is -0.920. The normalized spacial score (nSPS) is 11.9. The molecule has 7 heteroatoms. The molecule has 0 aromatic rings. The molecule has 4 N–H and O–H groups in total. The van der Waals surface area contributed by atoms with Gasteiger partial charge in [0.2, 0.25) is 17.7 Å². The fourth-order valence-electron chi connectivity index (χ4n) is 1.51. The van der Waals surface area contributed by atoms with Crippen molar-refractivity contribution in [1.29, 1.82) is 0 Å². The average Bonchev–Trinajstić information content (AvgIpc) is 2.42. The van der Waals surface area contributed by atoms with Crippen molar-refractivity contribution in [2.75, 3.05) is 26.2 Å². The molecule has 0 radical (unpaired) electrons. The molecule has 7 nitrogen and oxygen atoms in total. The fraction of sp³-hybridized carbons (Fsp3) is 0.769. The lowest BCUT2D eigenvalue weighted by Crippen LogP contribution is -2.48. The lowest BCUT2D eigenvalue weighted by atomic mass is 10.1. The summed E-state index contributed by atoms with van der Waals surface area (Å²) >= 11 is 0. The summed E-state index contributed by atoms with van der Waals surface area (Å²) in [6.07, 6.45) is 0.